The number of hydrogen-bond acceptors (Lipinski definition) is 5. The Hall–Kier alpha value is -0.273. The normalized spacial score (nSPS) is 13.2. The van der Waals surface area contributed by atoms with E-state index in [-0.39, 0.29) is 0 Å². The van der Waals surface area contributed by atoms with Crippen LogP contribution in [0, 0.1) is 5.92 Å². The topological polar surface area (TPSA) is 52.1 Å². The third kappa shape index (κ3) is 13.0. The van der Waals surface area contributed by atoms with E-state index in [0.717, 1.165) is 44.8 Å². The maximum absolute atomic E-state index is 5.89. The van der Waals surface area contributed by atoms with Gasteiger partial charge in [-0.3, -0.25) is 4.99 Å². The summed E-state index contributed by atoms with van der Waals surface area (Å²) in [5.74, 6) is 0.675. The lowest BCUT2D eigenvalue weighted by atomic mass is 10.0. The van der Waals surface area contributed by atoms with Gasteiger partial charge in [0.25, 0.3) is 0 Å². The molecule has 0 spiro atoms. The Balaban J connectivity index is 4.12. The highest BCUT2D eigenvalue weighted by Crippen LogP contribution is 2.17. The lowest BCUT2D eigenvalue weighted by molar-refractivity contribution is 0.0708. The van der Waals surface area contributed by atoms with E-state index >= 15 is 0 Å². The monoisotopic (exact) mass is 388 g/mol. The molecule has 5 nitrogen and oxygen atoms in total. The number of rotatable bonds is 17. The van der Waals surface area contributed by atoms with Crippen LogP contribution in [0.5, 0.6) is 0 Å². The molecule has 0 atom stereocenters. The summed E-state index contributed by atoms with van der Waals surface area (Å²) in [5.41, 5.74) is 1.37. The van der Waals surface area contributed by atoms with Crippen LogP contribution in [0.4, 0.5) is 0 Å². The fourth-order valence-corrected chi connectivity index (χ4v) is 5.64. The van der Waals surface area contributed by atoms with E-state index in [1.54, 1.807) is 0 Å². The van der Waals surface area contributed by atoms with E-state index < -0.39 is 8.80 Å². The molecule has 26 heavy (non-hydrogen) atoms. The molecule has 0 amide bonds. The third-order valence-electron chi connectivity index (χ3n) is 3.83. The van der Waals surface area contributed by atoms with Crippen molar-refractivity contribution >= 4 is 14.5 Å². The minimum atomic E-state index is -2.48. The van der Waals surface area contributed by atoms with Crippen LogP contribution in [0.15, 0.2) is 4.99 Å². The molecule has 0 aliphatic heterocycles. The molecule has 6 heteroatoms. The molecule has 0 bridgehead atoms. The van der Waals surface area contributed by atoms with E-state index in [1.165, 1.54) is 5.71 Å². The number of aliphatic imine (C=N–C) groups is 1. The van der Waals surface area contributed by atoms with Crippen molar-refractivity contribution in [3.05, 3.63) is 0 Å². The zero-order valence-electron chi connectivity index (χ0n) is 18.4. The summed E-state index contributed by atoms with van der Waals surface area (Å²) in [7, 11) is -2.48. The predicted molar refractivity (Wildman–Crippen MR) is 114 cm³/mol. The van der Waals surface area contributed by atoms with Gasteiger partial charge in [0, 0.05) is 37.6 Å². The van der Waals surface area contributed by atoms with Crippen LogP contribution >= 0.6 is 0 Å². The SMILES string of the molecule is CCO[Si](CCCNCCCC(CC(C)C)=NC(C)C)(OCC)OCC. The second-order valence-corrected chi connectivity index (χ2v) is 10.1. The Labute approximate surface area is 163 Å². The summed E-state index contributed by atoms with van der Waals surface area (Å²) in [6.45, 7) is 18.8. The Morgan fingerprint density at radius 2 is 1.42 bits per heavy atom. The second kappa shape index (κ2) is 15.8. The average Bonchev–Trinajstić information content (AvgIpc) is 2.53. The molecular formula is C20H44N2O3Si. The first-order valence-electron chi connectivity index (χ1n) is 10.6. The van der Waals surface area contributed by atoms with Gasteiger partial charge in [0.15, 0.2) is 0 Å². The van der Waals surface area contributed by atoms with Gasteiger partial charge in [-0.1, -0.05) is 13.8 Å². The van der Waals surface area contributed by atoms with Gasteiger partial charge in [-0.15, -0.1) is 0 Å². The fraction of sp³-hybridized carbons (Fsp3) is 0.950. The number of hydrogen-bond donors (Lipinski definition) is 1. The highest BCUT2D eigenvalue weighted by atomic mass is 28.4. The van der Waals surface area contributed by atoms with Crippen LogP contribution in [-0.2, 0) is 13.3 Å². The number of nitrogens with zero attached hydrogens (tertiary/aromatic N) is 1. The van der Waals surface area contributed by atoms with Crippen molar-refractivity contribution in [2.24, 2.45) is 10.9 Å². The molecule has 0 heterocycles. The number of nitrogens with one attached hydrogen (secondary N) is 1. The molecule has 1 N–H and O–H groups in total. The third-order valence-corrected chi connectivity index (χ3v) is 6.98. The Morgan fingerprint density at radius 1 is 0.885 bits per heavy atom. The van der Waals surface area contributed by atoms with Gasteiger partial charge in [-0.05, 0) is 79.3 Å². The molecule has 0 aromatic rings. The van der Waals surface area contributed by atoms with Crippen molar-refractivity contribution in [1.29, 1.82) is 0 Å². The fourth-order valence-electron chi connectivity index (χ4n) is 3.03. The summed E-state index contributed by atoms with van der Waals surface area (Å²) in [5, 5.41) is 3.55. The summed E-state index contributed by atoms with van der Waals surface area (Å²) in [6.07, 6.45) is 4.37. The van der Waals surface area contributed by atoms with Crippen LogP contribution in [0.3, 0.4) is 0 Å². The molecule has 0 aliphatic carbocycles. The van der Waals surface area contributed by atoms with Crippen LogP contribution in [0.2, 0.25) is 6.04 Å². The Kier molecular flexibility index (Phi) is 15.6. The average molecular weight is 389 g/mol. The molecule has 0 saturated carbocycles. The molecule has 0 fully saturated rings. The standard InChI is InChI=1S/C20H44N2O3Si/c1-8-23-26(24-9-2,25-10-3)16-12-15-21-14-11-13-20(17-18(4)5)22-19(6)7/h18-19,21H,8-17H2,1-7H3. The minimum absolute atomic E-state index is 0.394. The van der Waals surface area contributed by atoms with Gasteiger partial charge in [-0.2, -0.15) is 0 Å². The Morgan fingerprint density at radius 3 is 1.88 bits per heavy atom. The van der Waals surface area contributed by atoms with E-state index in [0.29, 0.717) is 31.8 Å². The largest absolute Gasteiger partial charge is 0.500 e. The molecular weight excluding hydrogens is 344 g/mol. The van der Waals surface area contributed by atoms with Crippen LogP contribution < -0.4 is 5.32 Å². The van der Waals surface area contributed by atoms with Gasteiger partial charge in [0.05, 0.1) is 0 Å². The van der Waals surface area contributed by atoms with E-state index in [4.69, 9.17) is 18.3 Å². The lowest BCUT2D eigenvalue weighted by Crippen LogP contribution is -2.46. The summed E-state index contributed by atoms with van der Waals surface area (Å²) in [6, 6.07) is 1.27. The van der Waals surface area contributed by atoms with Crippen molar-refractivity contribution in [1.82, 2.24) is 5.32 Å². The van der Waals surface area contributed by atoms with Crippen molar-refractivity contribution < 1.29 is 13.3 Å². The lowest BCUT2D eigenvalue weighted by Gasteiger charge is -2.28. The first-order valence-corrected chi connectivity index (χ1v) is 12.5. The van der Waals surface area contributed by atoms with Crippen molar-refractivity contribution in [3.63, 3.8) is 0 Å². The molecule has 0 aliphatic rings. The molecule has 0 aromatic heterocycles. The van der Waals surface area contributed by atoms with Crippen molar-refractivity contribution in [2.75, 3.05) is 32.9 Å². The summed E-state index contributed by atoms with van der Waals surface area (Å²) < 4.78 is 17.7. The first kappa shape index (κ1) is 25.7. The quantitative estimate of drug-likeness (QED) is 0.223. The van der Waals surface area contributed by atoms with Crippen LogP contribution in [-0.4, -0.2) is 53.5 Å². The summed E-state index contributed by atoms with van der Waals surface area (Å²) in [4.78, 5) is 4.79. The zero-order chi connectivity index (χ0) is 19.8. The van der Waals surface area contributed by atoms with E-state index in [9.17, 15) is 0 Å². The highest BCUT2D eigenvalue weighted by molar-refractivity contribution is 6.60. The molecule has 0 aromatic carbocycles. The summed E-state index contributed by atoms with van der Waals surface area (Å²) >= 11 is 0. The van der Waals surface area contributed by atoms with E-state index in [2.05, 4.69) is 33.0 Å². The van der Waals surface area contributed by atoms with Gasteiger partial charge in [0.2, 0.25) is 0 Å². The van der Waals surface area contributed by atoms with Crippen molar-refractivity contribution in [3.8, 4) is 0 Å². The molecule has 0 radical (unpaired) electrons. The maximum Gasteiger partial charge on any atom is 0.500 e. The maximum atomic E-state index is 5.89. The van der Waals surface area contributed by atoms with Gasteiger partial charge in [0.1, 0.15) is 0 Å². The minimum Gasteiger partial charge on any atom is -0.374 e. The molecule has 0 unspecified atom stereocenters. The Bertz CT molecular complexity index is 346. The molecule has 156 valence electrons. The van der Waals surface area contributed by atoms with Gasteiger partial charge >= 0.3 is 8.80 Å². The predicted octanol–water partition coefficient (Wildman–Crippen LogP) is 4.69. The molecule has 0 rings (SSSR count). The molecule has 0 saturated heterocycles. The van der Waals surface area contributed by atoms with Crippen molar-refractivity contribution in [2.45, 2.75) is 86.2 Å². The van der Waals surface area contributed by atoms with Gasteiger partial charge in [-0.25, -0.2) is 0 Å². The smallest absolute Gasteiger partial charge is 0.374 e. The van der Waals surface area contributed by atoms with Gasteiger partial charge < -0.3 is 18.6 Å². The van der Waals surface area contributed by atoms with Crippen LogP contribution in [0.1, 0.15) is 74.1 Å². The first-order chi connectivity index (χ1) is 12.4. The zero-order valence-corrected chi connectivity index (χ0v) is 19.4. The second-order valence-electron chi connectivity index (χ2n) is 7.33. The van der Waals surface area contributed by atoms with E-state index in [1.807, 2.05) is 20.8 Å². The van der Waals surface area contributed by atoms with Crippen LogP contribution in [0.25, 0.3) is 0 Å². The highest BCUT2D eigenvalue weighted by Gasteiger charge is 2.39.